The van der Waals surface area contributed by atoms with Crippen LogP contribution in [0.3, 0.4) is 0 Å². The van der Waals surface area contributed by atoms with Gasteiger partial charge in [0.1, 0.15) is 0 Å². The first-order valence-corrected chi connectivity index (χ1v) is 7.99. The van der Waals surface area contributed by atoms with Crippen LogP contribution in [0, 0.1) is 0 Å². The molecule has 112 valence electrons. The second-order valence-electron chi connectivity index (χ2n) is 5.29. The Bertz CT molecular complexity index is 581. The highest BCUT2D eigenvalue weighted by atomic mass is 79.9. The van der Waals surface area contributed by atoms with Gasteiger partial charge in [-0.1, -0.05) is 22.4 Å². The molecule has 0 atom stereocenters. The molecule has 1 aliphatic carbocycles. The van der Waals surface area contributed by atoms with Crippen molar-refractivity contribution in [1.29, 1.82) is 0 Å². The highest BCUT2D eigenvalue weighted by molar-refractivity contribution is 9.10. The van der Waals surface area contributed by atoms with Crippen molar-refractivity contribution in [2.24, 2.45) is 0 Å². The molecule has 1 aromatic heterocycles. The number of hydrogen-bond donors (Lipinski definition) is 1. The lowest BCUT2D eigenvalue weighted by Crippen LogP contribution is -2.41. The van der Waals surface area contributed by atoms with Crippen molar-refractivity contribution >= 4 is 15.9 Å². The fourth-order valence-corrected chi connectivity index (χ4v) is 2.74. The summed E-state index contributed by atoms with van der Waals surface area (Å²) in [4.78, 5) is 2.22. The van der Waals surface area contributed by atoms with Gasteiger partial charge in [0, 0.05) is 22.6 Å². The van der Waals surface area contributed by atoms with E-state index in [-0.39, 0.29) is 6.61 Å². The lowest BCUT2D eigenvalue weighted by molar-refractivity contribution is 0.0862. The minimum Gasteiger partial charge on any atom is -0.419 e. The van der Waals surface area contributed by atoms with Gasteiger partial charge in [0.25, 0.3) is 0 Å². The minimum atomic E-state index is 0.157. The molecule has 1 aliphatic rings. The normalized spacial score (nSPS) is 15.4. The Kier molecular flexibility index (Phi) is 4.67. The van der Waals surface area contributed by atoms with Crippen LogP contribution in [-0.2, 0) is 6.54 Å². The van der Waals surface area contributed by atoms with Gasteiger partial charge < -0.3 is 9.52 Å². The van der Waals surface area contributed by atoms with Gasteiger partial charge in [-0.2, -0.15) is 0 Å². The summed E-state index contributed by atoms with van der Waals surface area (Å²) in [5.41, 5.74) is 0.911. The first-order chi connectivity index (χ1) is 10.3. The molecule has 0 aliphatic heterocycles. The Morgan fingerprint density at radius 3 is 2.62 bits per heavy atom. The quantitative estimate of drug-likeness (QED) is 0.866. The summed E-state index contributed by atoms with van der Waals surface area (Å²) in [6, 6.07) is 8.33. The molecular weight excluding hydrogens is 334 g/mol. The third kappa shape index (κ3) is 3.51. The molecule has 6 heteroatoms. The topological polar surface area (TPSA) is 62.4 Å². The van der Waals surface area contributed by atoms with Gasteiger partial charge in [0.05, 0.1) is 13.2 Å². The minimum absolute atomic E-state index is 0.157. The van der Waals surface area contributed by atoms with E-state index in [9.17, 15) is 5.11 Å². The van der Waals surface area contributed by atoms with Crippen LogP contribution in [0.5, 0.6) is 0 Å². The monoisotopic (exact) mass is 351 g/mol. The lowest BCUT2D eigenvalue weighted by atomic mass is 9.91. The van der Waals surface area contributed by atoms with Crippen LogP contribution in [0.4, 0.5) is 0 Å². The molecule has 1 fully saturated rings. The molecule has 1 N–H and O–H groups in total. The molecule has 5 nitrogen and oxygen atoms in total. The maximum atomic E-state index is 9.18. The second-order valence-corrected chi connectivity index (χ2v) is 6.20. The van der Waals surface area contributed by atoms with Gasteiger partial charge in [0.15, 0.2) is 0 Å². The third-order valence-corrected chi connectivity index (χ3v) is 4.40. The SMILES string of the molecule is OCCN(Cc1nnc(-c2ccc(Br)cc2)o1)C1CCC1. The Morgan fingerprint density at radius 1 is 1.24 bits per heavy atom. The summed E-state index contributed by atoms with van der Waals surface area (Å²) in [6.07, 6.45) is 3.64. The molecule has 0 radical (unpaired) electrons. The molecule has 1 heterocycles. The number of aliphatic hydroxyl groups excluding tert-OH is 1. The zero-order valence-electron chi connectivity index (χ0n) is 11.7. The van der Waals surface area contributed by atoms with Crippen molar-refractivity contribution in [3.63, 3.8) is 0 Å². The molecule has 0 bridgehead atoms. The molecule has 1 aromatic carbocycles. The van der Waals surface area contributed by atoms with E-state index in [1.807, 2.05) is 24.3 Å². The molecule has 21 heavy (non-hydrogen) atoms. The molecule has 0 amide bonds. The second kappa shape index (κ2) is 6.68. The Labute approximate surface area is 132 Å². The van der Waals surface area contributed by atoms with E-state index in [1.165, 1.54) is 19.3 Å². The van der Waals surface area contributed by atoms with E-state index in [0.717, 1.165) is 10.0 Å². The van der Waals surface area contributed by atoms with E-state index in [2.05, 4.69) is 31.0 Å². The van der Waals surface area contributed by atoms with Crippen molar-refractivity contribution in [3.05, 3.63) is 34.6 Å². The van der Waals surface area contributed by atoms with Crippen LogP contribution in [0.25, 0.3) is 11.5 Å². The van der Waals surface area contributed by atoms with Gasteiger partial charge in [-0.15, -0.1) is 10.2 Å². The number of benzene rings is 1. The van der Waals surface area contributed by atoms with Crippen LogP contribution in [0.2, 0.25) is 0 Å². The summed E-state index contributed by atoms with van der Waals surface area (Å²) in [7, 11) is 0. The molecule has 0 unspecified atom stereocenters. The predicted octanol–water partition coefficient (Wildman–Crippen LogP) is 2.85. The van der Waals surface area contributed by atoms with E-state index < -0.39 is 0 Å². The first-order valence-electron chi connectivity index (χ1n) is 7.19. The fraction of sp³-hybridized carbons (Fsp3) is 0.467. The maximum Gasteiger partial charge on any atom is 0.247 e. The zero-order chi connectivity index (χ0) is 14.7. The van der Waals surface area contributed by atoms with E-state index in [1.54, 1.807) is 0 Å². The van der Waals surface area contributed by atoms with Gasteiger partial charge in [0.2, 0.25) is 11.8 Å². The summed E-state index contributed by atoms with van der Waals surface area (Å²) in [5, 5.41) is 17.4. The molecular formula is C15H18BrN3O2. The van der Waals surface area contributed by atoms with Crippen molar-refractivity contribution < 1.29 is 9.52 Å². The zero-order valence-corrected chi connectivity index (χ0v) is 13.3. The van der Waals surface area contributed by atoms with Crippen LogP contribution in [0.15, 0.2) is 33.2 Å². The van der Waals surface area contributed by atoms with Gasteiger partial charge in [-0.25, -0.2) is 0 Å². The van der Waals surface area contributed by atoms with Crippen LogP contribution < -0.4 is 0 Å². The van der Waals surface area contributed by atoms with Gasteiger partial charge in [-0.05, 0) is 37.1 Å². The molecule has 0 saturated heterocycles. The predicted molar refractivity (Wildman–Crippen MR) is 82.6 cm³/mol. The third-order valence-electron chi connectivity index (χ3n) is 3.87. The van der Waals surface area contributed by atoms with E-state index in [4.69, 9.17) is 4.42 Å². The summed E-state index contributed by atoms with van der Waals surface area (Å²) in [6.45, 7) is 1.42. The number of aliphatic hydroxyl groups is 1. The highest BCUT2D eigenvalue weighted by Crippen LogP contribution is 2.26. The Balaban J connectivity index is 1.70. The number of hydrogen-bond acceptors (Lipinski definition) is 5. The largest absolute Gasteiger partial charge is 0.419 e. The van der Waals surface area contributed by atoms with Crippen LogP contribution in [0.1, 0.15) is 25.2 Å². The maximum absolute atomic E-state index is 9.18. The molecule has 0 spiro atoms. The number of nitrogens with zero attached hydrogens (tertiary/aromatic N) is 3. The Morgan fingerprint density at radius 2 is 2.00 bits per heavy atom. The standard InChI is InChI=1S/C15H18BrN3O2/c16-12-6-4-11(5-7-12)15-18-17-14(21-15)10-19(8-9-20)13-2-1-3-13/h4-7,13,20H,1-3,8-10H2. The van der Waals surface area contributed by atoms with E-state index >= 15 is 0 Å². The average molecular weight is 352 g/mol. The average Bonchev–Trinajstić information content (AvgIpc) is 2.86. The van der Waals surface area contributed by atoms with Crippen molar-refractivity contribution in [1.82, 2.24) is 15.1 Å². The first kappa shape index (κ1) is 14.7. The number of rotatable bonds is 6. The van der Waals surface area contributed by atoms with Gasteiger partial charge >= 0.3 is 0 Å². The lowest BCUT2D eigenvalue weighted by Gasteiger charge is -2.36. The Hall–Kier alpha value is -1.24. The molecule has 1 saturated carbocycles. The van der Waals surface area contributed by atoms with Crippen molar-refractivity contribution in [3.8, 4) is 11.5 Å². The van der Waals surface area contributed by atoms with Gasteiger partial charge in [-0.3, -0.25) is 4.90 Å². The number of halogens is 1. The van der Waals surface area contributed by atoms with Crippen LogP contribution >= 0.6 is 15.9 Å². The molecule has 3 rings (SSSR count). The summed E-state index contributed by atoms with van der Waals surface area (Å²) >= 11 is 3.41. The van der Waals surface area contributed by atoms with Crippen molar-refractivity contribution in [2.45, 2.75) is 31.8 Å². The van der Waals surface area contributed by atoms with Crippen LogP contribution in [-0.4, -0.2) is 39.4 Å². The number of aromatic nitrogens is 2. The fourth-order valence-electron chi connectivity index (χ4n) is 2.47. The smallest absolute Gasteiger partial charge is 0.247 e. The highest BCUT2D eigenvalue weighted by Gasteiger charge is 2.26. The summed E-state index contributed by atoms with van der Waals surface area (Å²) in [5.74, 6) is 1.14. The van der Waals surface area contributed by atoms with Crippen molar-refractivity contribution in [2.75, 3.05) is 13.2 Å². The van der Waals surface area contributed by atoms with E-state index in [0.29, 0.717) is 30.9 Å². The summed E-state index contributed by atoms with van der Waals surface area (Å²) < 4.78 is 6.76. The molecule has 2 aromatic rings.